The van der Waals surface area contributed by atoms with E-state index in [0.29, 0.717) is 5.69 Å². The molecule has 7 nitrogen and oxygen atoms in total. The van der Waals surface area contributed by atoms with Gasteiger partial charge in [0.15, 0.2) is 5.65 Å². The molecule has 0 saturated heterocycles. The Morgan fingerprint density at radius 3 is 2.43 bits per heavy atom. The van der Waals surface area contributed by atoms with Gasteiger partial charge < -0.3 is 10.6 Å². The molecule has 7 heteroatoms. The van der Waals surface area contributed by atoms with Crippen LogP contribution >= 0.6 is 0 Å². The summed E-state index contributed by atoms with van der Waals surface area (Å²) in [5.41, 5.74) is 1.36. The molecule has 2 rings (SSSR count). The molecule has 124 valence electrons. The van der Waals surface area contributed by atoms with E-state index < -0.39 is 6.04 Å². The Labute approximate surface area is 135 Å². The Balaban J connectivity index is 2.20. The maximum atomic E-state index is 12.4. The quantitative estimate of drug-likeness (QED) is 0.884. The molecule has 2 aromatic heterocycles. The van der Waals surface area contributed by atoms with Crippen LogP contribution < -0.4 is 10.6 Å². The molecule has 0 radical (unpaired) electrons. The SMILES string of the molecule is CC(=O)NC(C(=O)Nc1cnc2c(cnn2C(C)C)c1)C(C)C. The lowest BCUT2D eigenvalue weighted by Crippen LogP contribution is -2.46. The minimum absolute atomic E-state index is 0.0146. The minimum atomic E-state index is -0.582. The maximum absolute atomic E-state index is 12.4. The summed E-state index contributed by atoms with van der Waals surface area (Å²) < 4.78 is 1.83. The van der Waals surface area contributed by atoms with Crippen LogP contribution in [-0.4, -0.2) is 32.6 Å². The molecular formula is C16H23N5O2. The van der Waals surface area contributed by atoms with Gasteiger partial charge in [0.05, 0.1) is 18.1 Å². The summed E-state index contributed by atoms with van der Waals surface area (Å²) in [7, 11) is 0. The van der Waals surface area contributed by atoms with Crippen LogP contribution in [0.2, 0.25) is 0 Å². The molecule has 1 unspecified atom stereocenters. The van der Waals surface area contributed by atoms with Crippen LogP contribution in [0.25, 0.3) is 11.0 Å². The number of carbonyl (C=O) groups is 2. The van der Waals surface area contributed by atoms with Crippen molar-refractivity contribution in [3.63, 3.8) is 0 Å². The summed E-state index contributed by atoms with van der Waals surface area (Å²) in [6.45, 7) is 9.23. The smallest absolute Gasteiger partial charge is 0.247 e. The van der Waals surface area contributed by atoms with Crippen molar-refractivity contribution in [1.29, 1.82) is 0 Å². The fourth-order valence-electron chi connectivity index (χ4n) is 2.36. The van der Waals surface area contributed by atoms with Gasteiger partial charge in [0.2, 0.25) is 11.8 Å². The van der Waals surface area contributed by atoms with Gasteiger partial charge in [-0.25, -0.2) is 9.67 Å². The van der Waals surface area contributed by atoms with E-state index in [-0.39, 0.29) is 23.8 Å². The molecular weight excluding hydrogens is 294 g/mol. The first-order valence-corrected chi connectivity index (χ1v) is 7.70. The van der Waals surface area contributed by atoms with Crippen LogP contribution in [0.5, 0.6) is 0 Å². The van der Waals surface area contributed by atoms with E-state index in [0.717, 1.165) is 11.0 Å². The number of nitrogens with zero attached hydrogens (tertiary/aromatic N) is 3. The van der Waals surface area contributed by atoms with E-state index in [2.05, 4.69) is 20.7 Å². The van der Waals surface area contributed by atoms with Gasteiger partial charge in [0, 0.05) is 18.4 Å². The molecule has 0 bridgehead atoms. The van der Waals surface area contributed by atoms with Crippen LogP contribution in [0.1, 0.15) is 40.7 Å². The lowest BCUT2D eigenvalue weighted by Gasteiger charge is -2.20. The number of carbonyl (C=O) groups excluding carboxylic acids is 2. The summed E-state index contributed by atoms with van der Waals surface area (Å²) in [4.78, 5) is 28.0. The summed E-state index contributed by atoms with van der Waals surface area (Å²) in [5.74, 6) is -0.502. The standard InChI is InChI=1S/C16H23N5O2/c1-9(2)14(19-11(5)22)16(23)20-13-6-12-7-18-21(10(3)4)15(12)17-8-13/h6-10,14H,1-5H3,(H,19,22)(H,20,23). The van der Waals surface area contributed by atoms with Gasteiger partial charge >= 0.3 is 0 Å². The molecule has 0 aliphatic rings. The molecule has 0 saturated carbocycles. The first-order chi connectivity index (χ1) is 10.8. The summed E-state index contributed by atoms with van der Waals surface area (Å²) >= 11 is 0. The number of amides is 2. The van der Waals surface area contributed by atoms with Crippen LogP contribution in [0.4, 0.5) is 5.69 Å². The molecule has 2 N–H and O–H groups in total. The van der Waals surface area contributed by atoms with Gasteiger partial charge in [-0.05, 0) is 25.8 Å². The van der Waals surface area contributed by atoms with Crippen molar-refractivity contribution in [2.45, 2.75) is 46.7 Å². The fourth-order valence-corrected chi connectivity index (χ4v) is 2.36. The van der Waals surface area contributed by atoms with Crippen molar-refractivity contribution >= 4 is 28.5 Å². The second-order valence-electron chi connectivity index (χ2n) is 6.23. The monoisotopic (exact) mass is 317 g/mol. The number of pyridine rings is 1. The molecule has 2 heterocycles. The predicted molar refractivity (Wildman–Crippen MR) is 89.0 cm³/mol. The average molecular weight is 317 g/mol. The van der Waals surface area contributed by atoms with Crippen LogP contribution in [0, 0.1) is 5.92 Å². The minimum Gasteiger partial charge on any atom is -0.344 e. The largest absolute Gasteiger partial charge is 0.344 e. The summed E-state index contributed by atoms with van der Waals surface area (Å²) in [6, 6.07) is 1.46. The second-order valence-corrected chi connectivity index (χ2v) is 6.23. The van der Waals surface area contributed by atoms with Crippen LogP contribution in [0.15, 0.2) is 18.5 Å². The van der Waals surface area contributed by atoms with Crippen molar-refractivity contribution < 1.29 is 9.59 Å². The normalized spacial score (nSPS) is 12.7. The Morgan fingerprint density at radius 2 is 1.87 bits per heavy atom. The van der Waals surface area contributed by atoms with E-state index in [1.54, 1.807) is 12.4 Å². The van der Waals surface area contributed by atoms with Gasteiger partial charge in [-0.15, -0.1) is 0 Å². The van der Waals surface area contributed by atoms with Crippen LogP contribution in [-0.2, 0) is 9.59 Å². The number of hydrogen-bond donors (Lipinski definition) is 2. The zero-order valence-corrected chi connectivity index (χ0v) is 14.1. The summed E-state index contributed by atoms with van der Waals surface area (Å²) in [6.07, 6.45) is 3.33. The highest BCUT2D eigenvalue weighted by molar-refractivity contribution is 5.98. The van der Waals surface area contributed by atoms with E-state index in [4.69, 9.17) is 0 Å². The average Bonchev–Trinajstić information content (AvgIpc) is 2.87. The highest BCUT2D eigenvalue weighted by Crippen LogP contribution is 2.19. The van der Waals surface area contributed by atoms with Gasteiger partial charge in [-0.3, -0.25) is 9.59 Å². The molecule has 0 fully saturated rings. The summed E-state index contributed by atoms with van der Waals surface area (Å²) in [5, 5.41) is 10.6. The van der Waals surface area contributed by atoms with Gasteiger partial charge in [0.1, 0.15) is 6.04 Å². The number of aromatic nitrogens is 3. The third-order valence-electron chi connectivity index (χ3n) is 3.50. The lowest BCUT2D eigenvalue weighted by molar-refractivity contribution is -0.126. The molecule has 23 heavy (non-hydrogen) atoms. The number of nitrogens with one attached hydrogen (secondary N) is 2. The molecule has 0 aliphatic heterocycles. The number of anilines is 1. The zero-order valence-electron chi connectivity index (χ0n) is 14.1. The van der Waals surface area contributed by atoms with E-state index in [1.807, 2.05) is 38.4 Å². The third-order valence-corrected chi connectivity index (χ3v) is 3.50. The molecule has 1 atom stereocenters. The van der Waals surface area contributed by atoms with E-state index >= 15 is 0 Å². The second kappa shape index (κ2) is 6.76. The highest BCUT2D eigenvalue weighted by Gasteiger charge is 2.23. The zero-order chi connectivity index (χ0) is 17.1. The number of hydrogen-bond acceptors (Lipinski definition) is 4. The molecule has 0 aliphatic carbocycles. The predicted octanol–water partition coefficient (Wildman–Crippen LogP) is 2.11. The van der Waals surface area contributed by atoms with Gasteiger partial charge in [-0.2, -0.15) is 5.10 Å². The van der Waals surface area contributed by atoms with Gasteiger partial charge in [0.25, 0.3) is 0 Å². The van der Waals surface area contributed by atoms with Crippen molar-refractivity contribution in [2.24, 2.45) is 5.92 Å². The first kappa shape index (κ1) is 16.9. The van der Waals surface area contributed by atoms with Gasteiger partial charge in [-0.1, -0.05) is 13.8 Å². The highest BCUT2D eigenvalue weighted by atomic mass is 16.2. The Morgan fingerprint density at radius 1 is 1.17 bits per heavy atom. The number of fused-ring (bicyclic) bond motifs is 1. The molecule has 0 aromatic carbocycles. The Hall–Kier alpha value is -2.44. The Kier molecular flexibility index (Phi) is 4.98. The van der Waals surface area contributed by atoms with E-state index in [1.165, 1.54) is 6.92 Å². The lowest BCUT2D eigenvalue weighted by atomic mass is 10.0. The topological polar surface area (TPSA) is 88.9 Å². The van der Waals surface area contributed by atoms with E-state index in [9.17, 15) is 9.59 Å². The van der Waals surface area contributed by atoms with Crippen molar-refractivity contribution in [3.05, 3.63) is 18.5 Å². The molecule has 2 amide bonds. The maximum Gasteiger partial charge on any atom is 0.247 e. The first-order valence-electron chi connectivity index (χ1n) is 7.70. The van der Waals surface area contributed by atoms with Crippen molar-refractivity contribution in [2.75, 3.05) is 5.32 Å². The fraction of sp³-hybridized carbons (Fsp3) is 0.500. The van der Waals surface area contributed by atoms with Crippen molar-refractivity contribution in [1.82, 2.24) is 20.1 Å². The molecule has 0 spiro atoms. The third kappa shape index (κ3) is 3.85. The molecule has 2 aromatic rings. The number of rotatable bonds is 5. The Bertz CT molecular complexity index is 720. The van der Waals surface area contributed by atoms with Crippen LogP contribution in [0.3, 0.4) is 0 Å². The van der Waals surface area contributed by atoms with Crippen molar-refractivity contribution in [3.8, 4) is 0 Å².